The van der Waals surface area contributed by atoms with Gasteiger partial charge in [-0.3, -0.25) is 29.0 Å². The van der Waals surface area contributed by atoms with Gasteiger partial charge in [-0.05, 0) is 78.5 Å². The number of sulfonamides is 1. The number of hydrazone groups is 1. The number of benzene rings is 4. The normalized spacial score (nSPS) is 18.2. The van der Waals surface area contributed by atoms with Crippen LogP contribution in [-0.4, -0.2) is 110 Å². The highest BCUT2D eigenvalue weighted by Gasteiger charge is 2.45. The van der Waals surface area contributed by atoms with Crippen LogP contribution in [0.5, 0.6) is 0 Å². The van der Waals surface area contributed by atoms with Gasteiger partial charge in [-0.2, -0.15) is 5.10 Å². The average Bonchev–Trinajstić information content (AvgIpc) is 3.98. The molecule has 1 saturated heterocycles. The molecule has 7 atom stereocenters. The number of rotatable bonds is 21. The Morgan fingerprint density at radius 3 is 2.04 bits per heavy atom. The van der Waals surface area contributed by atoms with Crippen molar-refractivity contribution in [1.29, 1.82) is 0 Å². The van der Waals surface area contributed by atoms with Crippen molar-refractivity contribution in [3.8, 4) is 11.1 Å². The van der Waals surface area contributed by atoms with Crippen LogP contribution in [0.15, 0.2) is 124 Å². The number of Topliss-reactive ketones (excluding diaryl/α,β-unsaturated/α-hetero) is 1. The van der Waals surface area contributed by atoms with Gasteiger partial charge in [0.25, 0.3) is 5.91 Å². The van der Waals surface area contributed by atoms with E-state index in [0.717, 1.165) is 41.5 Å². The molecular formula is C53H64N9O10P2S-. The van der Waals surface area contributed by atoms with Crippen molar-refractivity contribution in [3.63, 3.8) is 0 Å². The molecule has 6 amide bonds. The predicted octanol–water partition coefficient (Wildman–Crippen LogP) is 3.97. The molecule has 4 aromatic carbocycles. The Hall–Kier alpha value is -6.59. The van der Waals surface area contributed by atoms with Gasteiger partial charge in [0.2, 0.25) is 27.7 Å². The summed E-state index contributed by atoms with van der Waals surface area (Å²) in [5.41, 5.74) is 5.96. The number of amides is 6. The lowest BCUT2D eigenvalue weighted by atomic mass is 9.83. The maximum absolute atomic E-state index is 15.2. The van der Waals surface area contributed by atoms with Crippen LogP contribution in [0, 0.1) is 5.92 Å². The van der Waals surface area contributed by atoms with Gasteiger partial charge in [0, 0.05) is 25.1 Å². The molecule has 2 aliphatic carbocycles. The third-order valence-corrected chi connectivity index (χ3v) is 15.3. The molecule has 398 valence electrons. The first-order chi connectivity index (χ1) is 36.0. The van der Waals surface area contributed by atoms with E-state index in [1.165, 1.54) is 24.0 Å². The van der Waals surface area contributed by atoms with Crippen LogP contribution in [0.3, 0.4) is 0 Å². The Morgan fingerprint density at radius 2 is 1.43 bits per heavy atom. The summed E-state index contributed by atoms with van der Waals surface area (Å²) in [5, 5.41) is 28.5. The molecule has 0 radical (unpaired) electrons. The topological polar surface area (TPSA) is 269 Å². The third kappa shape index (κ3) is 14.6. The fourth-order valence-corrected chi connectivity index (χ4v) is 11.5. The Bertz CT molecular complexity index is 2830. The third-order valence-electron chi connectivity index (χ3n) is 13.5. The van der Waals surface area contributed by atoms with Crippen molar-refractivity contribution in [2.24, 2.45) is 16.0 Å². The highest BCUT2D eigenvalue weighted by atomic mass is 32.2. The first-order valence-corrected chi connectivity index (χ1v) is 27.9. The van der Waals surface area contributed by atoms with E-state index in [1.807, 2.05) is 48.5 Å². The zero-order chi connectivity index (χ0) is 53.6. The smallest absolute Gasteiger partial charge is 0.335 e. The van der Waals surface area contributed by atoms with Gasteiger partial charge in [0.05, 0.1) is 23.0 Å². The monoisotopic (exact) mass is 1080 g/mol. The highest BCUT2D eigenvalue weighted by Crippen LogP contribution is 2.44. The molecule has 7 rings (SSSR count). The number of hydrogen-bond acceptors (Lipinski definition) is 12. The summed E-state index contributed by atoms with van der Waals surface area (Å²) in [6, 6.07) is 25.2. The lowest BCUT2D eigenvalue weighted by molar-refractivity contribution is -0.251. The fraction of sp³-hybridized carbons (Fsp3) is 0.396. The van der Waals surface area contributed by atoms with Crippen molar-refractivity contribution in [2.45, 2.75) is 112 Å². The number of carbonyl (C=O) groups excluding carboxylic acids is 6. The minimum absolute atomic E-state index is 0.0345. The summed E-state index contributed by atoms with van der Waals surface area (Å²) in [7, 11) is 0.524. The summed E-state index contributed by atoms with van der Waals surface area (Å²) < 4.78 is 36.1. The van der Waals surface area contributed by atoms with Crippen LogP contribution < -0.4 is 36.5 Å². The number of fused-ring (bicyclic) bond motifs is 3. The van der Waals surface area contributed by atoms with Crippen molar-refractivity contribution in [2.75, 3.05) is 19.7 Å². The molecule has 19 nitrogen and oxygen atoms in total. The molecule has 4 aromatic rings. The van der Waals surface area contributed by atoms with E-state index in [4.69, 9.17) is 4.74 Å². The first kappa shape index (κ1) is 56.1. The molecule has 1 saturated carbocycles. The quantitative estimate of drug-likeness (QED) is 0.0303. The van der Waals surface area contributed by atoms with Gasteiger partial charge < -0.3 is 36.0 Å². The molecule has 1 aliphatic heterocycles. The van der Waals surface area contributed by atoms with Crippen LogP contribution in [0.25, 0.3) is 11.1 Å². The molecule has 0 spiro atoms. The molecular weight excluding hydrogens is 1020 g/mol. The second kappa shape index (κ2) is 26.3. The number of likely N-dealkylation sites (tertiary alicyclic amines) is 1. The van der Waals surface area contributed by atoms with E-state index in [0.29, 0.717) is 24.8 Å². The molecule has 1 heterocycles. The second-order valence-corrected chi connectivity index (χ2v) is 22.7. The Labute approximate surface area is 441 Å². The van der Waals surface area contributed by atoms with Crippen molar-refractivity contribution in [3.05, 3.63) is 126 Å². The summed E-state index contributed by atoms with van der Waals surface area (Å²) in [6.45, 7) is 2.15. The molecule has 0 aromatic heterocycles. The minimum Gasteiger partial charge on any atom is -0.599 e. The molecule has 22 heteroatoms. The lowest BCUT2D eigenvalue weighted by Crippen LogP contribution is -2.55. The summed E-state index contributed by atoms with van der Waals surface area (Å²) in [5.74, 6) is -4.17. The summed E-state index contributed by atoms with van der Waals surface area (Å²) >= 11 is 0. The number of aliphatic imine (C=N–C) groups is 1. The maximum Gasteiger partial charge on any atom is 0.335 e. The van der Waals surface area contributed by atoms with Crippen LogP contribution in [0.1, 0.15) is 93.9 Å². The minimum atomic E-state index is -4.17. The van der Waals surface area contributed by atoms with Gasteiger partial charge in [-0.15, -0.1) is 18.5 Å². The number of nitrogens with zero attached hydrogens (tertiary/aromatic N) is 3. The van der Waals surface area contributed by atoms with Crippen LogP contribution >= 0.6 is 18.5 Å². The van der Waals surface area contributed by atoms with E-state index in [-0.39, 0.29) is 42.6 Å². The van der Waals surface area contributed by atoms with E-state index < -0.39 is 99.7 Å². The molecule has 2 fully saturated rings. The number of ether oxygens (including phenoxy) is 1. The van der Waals surface area contributed by atoms with Crippen molar-refractivity contribution in [1.82, 2.24) is 36.3 Å². The highest BCUT2D eigenvalue weighted by molar-refractivity contribution is 7.89. The number of carbonyl (C=O) groups is 6. The van der Waals surface area contributed by atoms with Crippen LogP contribution in [0.4, 0.5) is 4.79 Å². The van der Waals surface area contributed by atoms with E-state index in [9.17, 15) is 37.5 Å². The Morgan fingerprint density at radius 1 is 0.813 bits per heavy atom. The largest absolute Gasteiger partial charge is 0.599 e. The van der Waals surface area contributed by atoms with Gasteiger partial charge in [-0.25, -0.2) is 23.4 Å². The zero-order valence-electron chi connectivity index (χ0n) is 41.8. The Balaban J connectivity index is 1.16. The summed E-state index contributed by atoms with van der Waals surface area (Å²) in [6.07, 6.45) is 2.84. The SMILES string of the molecule is CCC[C@H](NC(=O)C1C[C@@H](NS(=O)(=O)c2ccccc2)CN1C(=O)[C@H](N=C([O-])OCC1c2ccccc2-c2ccccc21)C1CCCCC1)C(=NNC(=O)NC(P)P)C(=O)NCC(=O)N[C@H](C(C)=O)c1ccccc1. The first-order valence-electron chi connectivity index (χ1n) is 25.1. The molecule has 3 unspecified atom stereocenters. The maximum atomic E-state index is 15.2. The van der Waals surface area contributed by atoms with Crippen molar-refractivity contribution < 1.29 is 47.0 Å². The van der Waals surface area contributed by atoms with Gasteiger partial charge in [0.1, 0.15) is 29.9 Å². The number of ketones is 1. The molecule has 0 bridgehead atoms. The van der Waals surface area contributed by atoms with E-state index in [2.05, 4.69) is 60.0 Å². The number of hydrogen-bond donors (Lipinski definition) is 6. The van der Waals surface area contributed by atoms with E-state index in [1.54, 1.807) is 55.5 Å². The lowest BCUT2D eigenvalue weighted by Gasteiger charge is -2.33. The standard InChI is InChI=1S/C53H65N9O10P2S/c1-3-17-42(47(59-60-51(68)58-53(73)74)49(66)54-29-44(64)56-45(32(2)63)33-18-7-4-8-19-33)55-48(65)43-28-35(61-75(70,71)36-22-11-6-12-23-36)30-62(43)50(67)46(34-20-9-5-10-21-34)57-52(69)72-31-41-39-26-15-13-24-37(39)38-25-14-16-27-40(38)41/h4,6-8,11-16,18-19,22-27,34-35,41-43,45-46,53,61H,3,5,9-10,17,20-21,28-31,73-74H2,1-2H3,(H,54,66)(H,55,65)(H,56,64)(H,57,69)(H2,58,60,68)/p-1/t35-,42+,43?,45-,46-/m1/s1. The van der Waals surface area contributed by atoms with Crippen LogP contribution in [-0.2, 0) is 38.7 Å². The molecule has 3 aliphatic rings. The summed E-state index contributed by atoms with van der Waals surface area (Å²) in [4.78, 5) is 88.5. The van der Waals surface area contributed by atoms with Crippen LogP contribution in [0.2, 0.25) is 0 Å². The number of nitrogens with one attached hydrogen (secondary N) is 6. The van der Waals surface area contributed by atoms with Gasteiger partial charge in [0.15, 0.2) is 5.78 Å². The van der Waals surface area contributed by atoms with Gasteiger partial charge in [-0.1, -0.05) is 130 Å². The molecule has 75 heavy (non-hydrogen) atoms. The second-order valence-electron chi connectivity index (χ2n) is 18.8. The zero-order valence-corrected chi connectivity index (χ0v) is 44.9. The van der Waals surface area contributed by atoms with Crippen molar-refractivity contribution >= 4 is 75.7 Å². The number of urea groups is 1. The van der Waals surface area contributed by atoms with E-state index >= 15 is 4.79 Å². The fourth-order valence-electron chi connectivity index (χ4n) is 9.97. The molecule has 6 N–H and O–H groups in total. The van der Waals surface area contributed by atoms with Gasteiger partial charge >= 0.3 is 6.03 Å². The average molecular weight is 1080 g/mol. The predicted molar refractivity (Wildman–Crippen MR) is 288 cm³/mol. The Kier molecular flexibility index (Phi) is 19.7.